The normalized spacial score (nSPS) is 15.6. The largest absolute Gasteiger partial charge is 0.352 e. The van der Waals surface area contributed by atoms with Gasteiger partial charge in [-0.3, -0.25) is 4.90 Å². The minimum absolute atomic E-state index is 0. The molecule has 0 saturated heterocycles. The smallest absolute Gasteiger partial charge is 0.159 e. The molecule has 0 radical (unpaired) electrons. The molecule has 0 unspecified atom stereocenters. The minimum Gasteiger partial charge on any atom is -0.352 e. The summed E-state index contributed by atoms with van der Waals surface area (Å²) in [5.74, 6) is 0.964. The van der Waals surface area contributed by atoms with Crippen molar-refractivity contribution in [2.24, 2.45) is 4.99 Å². The first-order chi connectivity index (χ1) is 8.28. The molecule has 0 atom stereocenters. The van der Waals surface area contributed by atoms with E-state index in [1.807, 2.05) is 0 Å². The molecule has 2 rings (SSSR count). The number of halogens is 2. The number of rotatable bonds is 3. The van der Waals surface area contributed by atoms with Gasteiger partial charge in [-0.1, -0.05) is 46.7 Å². The molecule has 0 spiro atoms. The summed E-state index contributed by atoms with van der Waals surface area (Å²) in [4.78, 5) is 6.75. The molecule has 1 N–H and O–H groups in total. The summed E-state index contributed by atoms with van der Waals surface area (Å²) >= 11 is 5.21. The molecule has 0 aromatic heterocycles. The Hall–Kier alpha value is -0.0400. The highest BCUT2D eigenvalue weighted by Gasteiger charge is 2.10. The van der Waals surface area contributed by atoms with E-state index >= 15 is 0 Å². The van der Waals surface area contributed by atoms with Crippen LogP contribution in [0, 0.1) is 0 Å². The van der Waals surface area contributed by atoms with Gasteiger partial charge in [0.05, 0.1) is 13.3 Å². The maximum Gasteiger partial charge on any atom is 0.159 e. The van der Waals surface area contributed by atoms with E-state index in [0.29, 0.717) is 0 Å². The SMILES string of the molecule is Br.CCN1CN=C(SCc2ccc(Br)cc2)NC1. The fraction of sp³-hybridized carbons (Fsp3) is 0.417. The van der Waals surface area contributed by atoms with Crippen LogP contribution < -0.4 is 5.32 Å². The summed E-state index contributed by atoms with van der Waals surface area (Å²) < 4.78 is 1.12. The molecule has 1 aliphatic heterocycles. The molecule has 3 nitrogen and oxygen atoms in total. The molecule has 0 aliphatic carbocycles. The maximum absolute atomic E-state index is 4.50. The third-order valence-electron chi connectivity index (χ3n) is 2.60. The van der Waals surface area contributed by atoms with Crippen molar-refractivity contribution in [1.82, 2.24) is 10.2 Å². The average molecular weight is 395 g/mol. The third kappa shape index (κ3) is 4.91. The van der Waals surface area contributed by atoms with Crippen molar-refractivity contribution in [3.05, 3.63) is 34.3 Å². The van der Waals surface area contributed by atoms with E-state index in [4.69, 9.17) is 0 Å². The summed E-state index contributed by atoms with van der Waals surface area (Å²) in [5.41, 5.74) is 1.32. The highest BCUT2D eigenvalue weighted by atomic mass is 79.9. The van der Waals surface area contributed by atoms with Gasteiger partial charge in [0.1, 0.15) is 0 Å². The van der Waals surface area contributed by atoms with Crippen molar-refractivity contribution >= 4 is 49.8 Å². The first kappa shape index (κ1) is 16.0. The van der Waals surface area contributed by atoms with Crippen LogP contribution >= 0.6 is 44.7 Å². The van der Waals surface area contributed by atoms with Crippen molar-refractivity contribution in [3.63, 3.8) is 0 Å². The van der Waals surface area contributed by atoms with Crippen LogP contribution in [-0.4, -0.2) is 29.9 Å². The summed E-state index contributed by atoms with van der Waals surface area (Å²) in [7, 11) is 0. The number of aliphatic imine (C=N–C) groups is 1. The lowest BCUT2D eigenvalue weighted by Crippen LogP contribution is -2.41. The summed E-state index contributed by atoms with van der Waals surface area (Å²) in [6, 6.07) is 8.42. The van der Waals surface area contributed by atoms with Gasteiger partial charge < -0.3 is 5.32 Å². The first-order valence-electron chi connectivity index (χ1n) is 5.66. The standard InChI is InChI=1S/C12H16BrN3S.BrH/c1-2-16-8-14-12(15-9-16)17-7-10-3-5-11(13)6-4-10;/h3-6H,2,7-9H2,1H3,(H,14,15);1H. The molecule has 100 valence electrons. The van der Waals surface area contributed by atoms with Crippen molar-refractivity contribution in [2.45, 2.75) is 12.7 Å². The van der Waals surface area contributed by atoms with Crippen LogP contribution in [0.2, 0.25) is 0 Å². The number of benzene rings is 1. The van der Waals surface area contributed by atoms with E-state index < -0.39 is 0 Å². The van der Waals surface area contributed by atoms with Gasteiger partial charge in [0.2, 0.25) is 0 Å². The highest BCUT2D eigenvalue weighted by molar-refractivity contribution is 9.10. The predicted molar refractivity (Wildman–Crippen MR) is 88.4 cm³/mol. The molecule has 18 heavy (non-hydrogen) atoms. The summed E-state index contributed by atoms with van der Waals surface area (Å²) in [6.07, 6.45) is 0. The molecule has 1 heterocycles. The van der Waals surface area contributed by atoms with Crippen LogP contribution in [0.3, 0.4) is 0 Å². The van der Waals surface area contributed by atoms with E-state index in [9.17, 15) is 0 Å². The third-order valence-corrected chi connectivity index (χ3v) is 4.16. The Morgan fingerprint density at radius 3 is 2.67 bits per heavy atom. The molecule has 0 amide bonds. The van der Waals surface area contributed by atoms with Gasteiger partial charge in [0, 0.05) is 10.2 Å². The zero-order chi connectivity index (χ0) is 12.1. The van der Waals surface area contributed by atoms with Crippen molar-refractivity contribution in [3.8, 4) is 0 Å². The van der Waals surface area contributed by atoms with Crippen LogP contribution in [0.15, 0.2) is 33.7 Å². The summed E-state index contributed by atoms with van der Waals surface area (Å²) in [6.45, 7) is 4.91. The Morgan fingerprint density at radius 2 is 2.11 bits per heavy atom. The van der Waals surface area contributed by atoms with Crippen LogP contribution in [0.1, 0.15) is 12.5 Å². The number of amidine groups is 1. The van der Waals surface area contributed by atoms with Gasteiger partial charge in [0.25, 0.3) is 0 Å². The molecule has 0 bridgehead atoms. The first-order valence-corrected chi connectivity index (χ1v) is 7.43. The van der Waals surface area contributed by atoms with E-state index in [0.717, 1.165) is 35.3 Å². The van der Waals surface area contributed by atoms with Gasteiger partial charge in [-0.25, -0.2) is 4.99 Å². The van der Waals surface area contributed by atoms with Gasteiger partial charge in [-0.2, -0.15) is 0 Å². The topological polar surface area (TPSA) is 27.6 Å². The zero-order valence-corrected chi connectivity index (χ0v) is 14.3. The Bertz CT molecular complexity index is 395. The van der Waals surface area contributed by atoms with E-state index in [1.165, 1.54) is 5.56 Å². The second kappa shape index (κ2) is 8.19. The second-order valence-electron chi connectivity index (χ2n) is 3.84. The maximum atomic E-state index is 4.50. The quantitative estimate of drug-likeness (QED) is 0.850. The number of thioether (sulfide) groups is 1. The monoisotopic (exact) mass is 393 g/mol. The van der Waals surface area contributed by atoms with Gasteiger partial charge >= 0.3 is 0 Å². The Labute approximate surface area is 131 Å². The molecule has 1 aliphatic rings. The number of nitrogens with one attached hydrogen (secondary N) is 1. The molecular weight excluding hydrogens is 378 g/mol. The highest BCUT2D eigenvalue weighted by Crippen LogP contribution is 2.17. The van der Waals surface area contributed by atoms with Crippen LogP contribution in [-0.2, 0) is 5.75 Å². The molecule has 0 saturated carbocycles. The lowest BCUT2D eigenvalue weighted by atomic mass is 10.2. The zero-order valence-electron chi connectivity index (χ0n) is 10.2. The van der Waals surface area contributed by atoms with E-state index in [1.54, 1.807) is 11.8 Å². The lowest BCUT2D eigenvalue weighted by molar-refractivity contribution is 0.281. The van der Waals surface area contributed by atoms with Crippen LogP contribution in [0.4, 0.5) is 0 Å². The fourth-order valence-electron chi connectivity index (χ4n) is 1.49. The van der Waals surface area contributed by atoms with Gasteiger partial charge in [-0.15, -0.1) is 17.0 Å². The Morgan fingerprint density at radius 1 is 1.39 bits per heavy atom. The number of nitrogens with zero attached hydrogens (tertiary/aromatic N) is 2. The summed E-state index contributed by atoms with van der Waals surface area (Å²) in [5, 5.41) is 4.38. The lowest BCUT2D eigenvalue weighted by Gasteiger charge is -2.24. The molecule has 0 fully saturated rings. The molecule has 1 aromatic carbocycles. The minimum atomic E-state index is 0. The Kier molecular flexibility index (Phi) is 7.29. The van der Waals surface area contributed by atoms with Gasteiger partial charge in [-0.05, 0) is 24.2 Å². The molecule has 1 aromatic rings. The predicted octanol–water partition coefficient (Wildman–Crippen LogP) is 3.46. The van der Waals surface area contributed by atoms with Crippen molar-refractivity contribution in [1.29, 1.82) is 0 Å². The fourth-order valence-corrected chi connectivity index (χ4v) is 2.57. The van der Waals surface area contributed by atoms with Crippen molar-refractivity contribution < 1.29 is 0 Å². The molecule has 6 heteroatoms. The number of hydrogen-bond donors (Lipinski definition) is 1. The van der Waals surface area contributed by atoms with Crippen LogP contribution in [0.5, 0.6) is 0 Å². The average Bonchev–Trinajstić information content (AvgIpc) is 2.39. The van der Waals surface area contributed by atoms with E-state index in [-0.39, 0.29) is 17.0 Å². The van der Waals surface area contributed by atoms with Crippen LogP contribution in [0.25, 0.3) is 0 Å². The van der Waals surface area contributed by atoms with Gasteiger partial charge in [0.15, 0.2) is 5.17 Å². The second-order valence-corrected chi connectivity index (χ2v) is 5.72. The number of hydrogen-bond acceptors (Lipinski definition) is 4. The molecular formula is C12H17Br2N3S. The van der Waals surface area contributed by atoms with Crippen molar-refractivity contribution in [2.75, 3.05) is 19.9 Å². The Balaban J connectivity index is 0.00000162. The van der Waals surface area contributed by atoms with E-state index in [2.05, 4.69) is 62.3 Å².